The van der Waals surface area contributed by atoms with Gasteiger partial charge in [-0.15, -0.1) is 11.3 Å². The molecular formula is C12H18BrNO2S2. The van der Waals surface area contributed by atoms with Gasteiger partial charge < -0.3 is 0 Å². The van der Waals surface area contributed by atoms with Crippen molar-refractivity contribution in [1.29, 1.82) is 0 Å². The summed E-state index contributed by atoms with van der Waals surface area (Å²) in [7, 11) is -3.31. The van der Waals surface area contributed by atoms with Crippen molar-refractivity contribution in [2.45, 2.75) is 31.4 Å². The molecule has 0 spiro atoms. The molecule has 3 nitrogen and oxygen atoms in total. The van der Waals surface area contributed by atoms with Crippen LogP contribution in [-0.2, 0) is 10.0 Å². The van der Waals surface area contributed by atoms with E-state index in [1.165, 1.54) is 11.3 Å². The van der Waals surface area contributed by atoms with Crippen LogP contribution in [0.15, 0.2) is 14.1 Å². The van der Waals surface area contributed by atoms with Crippen molar-refractivity contribution in [3.8, 4) is 0 Å². The van der Waals surface area contributed by atoms with E-state index in [1.807, 2.05) is 6.92 Å². The Morgan fingerprint density at radius 2 is 1.89 bits per heavy atom. The van der Waals surface area contributed by atoms with Crippen molar-refractivity contribution in [2.75, 3.05) is 13.1 Å². The van der Waals surface area contributed by atoms with Gasteiger partial charge >= 0.3 is 0 Å². The van der Waals surface area contributed by atoms with Gasteiger partial charge in [0.05, 0.1) is 3.79 Å². The number of sulfonamides is 1. The van der Waals surface area contributed by atoms with Crippen LogP contribution in [0.25, 0.3) is 0 Å². The van der Waals surface area contributed by atoms with E-state index in [1.54, 1.807) is 10.4 Å². The molecule has 2 unspecified atom stereocenters. The summed E-state index contributed by atoms with van der Waals surface area (Å²) >= 11 is 4.70. The minimum absolute atomic E-state index is 0.438. The first-order valence-electron chi connectivity index (χ1n) is 6.06. The largest absolute Gasteiger partial charge is 0.252 e. The Kier molecular flexibility index (Phi) is 4.21. The number of aryl methyl sites for hydroxylation is 1. The van der Waals surface area contributed by atoms with Crippen molar-refractivity contribution in [3.63, 3.8) is 0 Å². The lowest BCUT2D eigenvalue weighted by Gasteiger charge is -2.33. The predicted octanol–water partition coefficient (Wildman–Crippen LogP) is 3.49. The van der Waals surface area contributed by atoms with Crippen LogP contribution in [0.1, 0.15) is 25.8 Å². The van der Waals surface area contributed by atoms with Crippen molar-refractivity contribution in [1.82, 2.24) is 4.31 Å². The number of rotatable bonds is 2. The van der Waals surface area contributed by atoms with E-state index in [9.17, 15) is 8.42 Å². The summed E-state index contributed by atoms with van der Waals surface area (Å²) in [6, 6.07) is 1.76. The second-order valence-electron chi connectivity index (χ2n) is 5.29. The van der Waals surface area contributed by atoms with Crippen molar-refractivity contribution < 1.29 is 8.42 Å². The van der Waals surface area contributed by atoms with Crippen LogP contribution in [0.5, 0.6) is 0 Å². The van der Waals surface area contributed by atoms with Crippen LogP contribution in [0.4, 0.5) is 0 Å². The topological polar surface area (TPSA) is 37.4 Å². The normalized spacial score (nSPS) is 26.4. The van der Waals surface area contributed by atoms with Crippen molar-refractivity contribution in [2.24, 2.45) is 11.8 Å². The standard InChI is InChI=1S/C12H18BrNO2S2/c1-8-4-9(2)7-14(6-8)18(15,16)11-5-10(3)12(13)17-11/h5,8-9H,4,6-7H2,1-3H3. The molecular weight excluding hydrogens is 334 g/mol. The second-order valence-corrected chi connectivity index (χ2v) is 9.83. The van der Waals surface area contributed by atoms with Gasteiger partial charge in [-0.05, 0) is 52.7 Å². The zero-order valence-corrected chi connectivity index (χ0v) is 14.0. The first kappa shape index (κ1) is 14.5. The van der Waals surface area contributed by atoms with Gasteiger partial charge in [-0.1, -0.05) is 13.8 Å². The van der Waals surface area contributed by atoms with E-state index in [0.29, 0.717) is 29.1 Å². The van der Waals surface area contributed by atoms with Gasteiger partial charge in [0, 0.05) is 13.1 Å². The Morgan fingerprint density at radius 3 is 2.33 bits per heavy atom. The minimum Gasteiger partial charge on any atom is -0.206 e. The van der Waals surface area contributed by atoms with E-state index in [2.05, 4.69) is 29.8 Å². The predicted molar refractivity (Wildman–Crippen MR) is 78.5 cm³/mol. The molecule has 0 bridgehead atoms. The fourth-order valence-corrected chi connectivity index (χ4v) is 6.55. The monoisotopic (exact) mass is 351 g/mol. The molecule has 0 N–H and O–H groups in total. The summed E-state index contributed by atoms with van der Waals surface area (Å²) in [6.07, 6.45) is 1.11. The highest BCUT2D eigenvalue weighted by Gasteiger charge is 2.32. The maximum absolute atomic E-state index is 12.6. The number of nitrogens with zero attached hydrogens (tertiary/aromatic N) is 1. The van der Waals surface area contributed by atoms with Crippen LogP contribution in [0.2, 0.25) is 0 Å². The summed E-state index contributed by atoms with van der Waals surface area (Å²) in [5.41, 5.74) is 0.983. The highest BCUT2D eigenvalue weighted by molar-refractivity contribution is 9.11. The Morgan fingerprint density at radius 1 is 1.33 bits per heavy atom. The van der Waals surface area contributed by atoms with Gasteiger partial charge in [-0.25, -0.2) is 8.42 Å². The third kappa shape index (κ3) is 2.81. The van der Waals surface area contributed by atoms with Crippen molar-refractivity contribution >= 4 is 37.3 Å². The molecule has 0 aromatic carbocycles. The molecule has 6 heteroatoms. The molecule has 2 atom stereocenters. The average Bonchev–Trinajstić information content (AvgIpc) is 2.58. The lowest BCUT2D eigenvalue weighted by molar-refractivity contribution is 0.223. The molecule has 18 heavy (non-hydrogen) atoms. The van der Waals surface area contributed by atoms with Crippen LogP contribution in [-0.4, -0.2) is 25.8 Å². The fraction of sp³-hybridized carbons (Fsp3) is 0.667. The maximum Gasteiger partial charge on any atom is 0.252 e. The number of hydrogen-bond acceptors (Lipinski definition) is 3. The van der Waals surface area contributed by atoms with E-state index in [4.69, 9.17) is 0 Å². The number of hydrogen-bond donors (Lipinski definition) is 0. The van der Waals surface area contributed by atoms with Gasteiger partial charge in [0.15, 0.2) is 0 Å². The third-order valence-corrected chi connectivity index (χ3v) is 7.68. The third-order valence-electron chi connectivity index (χ3n) is 3.26. The van der Waals surface area contributed by atoms with Gasteiger partial charge in [0.2, 0.25) is 0 Å². The lowest BCUT2D eigenvalue weighted by atomic mass is 9.94. The fourth-order valence-electron chi connectivity index (χ4n) is 2.49. The molecule has 0 saturated carbocycles. The highest BCUT2D eigenvalue weighted by Crippen LogP contribution is 2.34. The molecule has 0 aliphatic carbocycles. The maximum atomic E-state index is 12.6. The molecule has 2 heterocycles. The van der Waals surface area contributed by atoms with Crippen LogP contribution in [0.3, 0.4) is 0 Å². The van der Waals surface area contributed by atoms with E-state index in [-0.39, 0.29) is 0 Å². The summed E-state index contributed by atoms with van der Waals surface area (Å²) in [4.78, 5) is 0. The van der Waals surface area contributed by atoms with Crippen LogP contribution >= 0.6 is 27.3 Å². The number of thiophene rings is 1. The SMILES string of the molecule is Cc1cc(S(=O)(=O)N2CC(C)CC(C)C2)sc1Br. The molecule has 102 valence electrons. The van der Waals surface area contributed by atoms with Crippen LogP contribution in [0, 0.1) is 18.8 Å². The Labute approximate surface area is 121 Å². The smallest absolute Gasteiger partial charge is 0.206 e. The molecule has 0 amide bonds. The molecule has 1 aliphatic rings. The summed E-state index contributed by atoms with van der Waals surface area (Å²) in [6.45, 7) is 7.44. The molecule has 1 aromatic heterocycles. The van der Waals surface area contributed by atoms with Gasteiger partial charge in [0.1, 0.15) is 4.21 Å². The van der Waals surface area contributed by atoms with Crippen molar-refractivity contribution in [3.05, 3.63) is 15.4 Å². The van der Waals surface area contributed by atoms with E-state index in [0.717, 1.165) is 15.8 Å². The highest BCUT2D eigenvalue weighted by atomic mass is 79.9. The average molecular weight is 352 g/mol. The molecule has 2 rings (SSSR count). The summed E-state index contributed by atoms with van der Waals surface area (Å²) in [5.74, 6) is 0.876. The minimum atomic E-state index is -3.31. The quantitative estimate of drug-likeness (QED) is 0.817. The molecule has 1 aliphatic heterocycles. The molecule has 1 fully saturated rings. The summed E-state index contributed by atoms with van der Waals surface area (Å²) < 4.78 is 28.1. The number of halogens is 1. The molecule has 1 saturated heterocycles. The first-order valence-corrected chi connectivity index (χ1v) is 9.11. The Bertz CT molecular complexity index is 509. The second kappa shape index (κ2) is 5.23. The van der Waals surface area contributed by atoms with E-state index >= 15 is 0 Å². The molecule has 1 aromatic rings. The summed E-state index contributed by atoms with van der Waals surface area (Å²) in [5, 5.41) is 0. The lowest BCUT2D eigenvalue weighted by Crippen LogP contribution is -2.42. The van der Waals surface area contributed by atoms with Gasteiger partial charge in [0.25, 0.3) is 10.0 Å². The zero-order chi connectivity index (χ0) is 13.5. The Balaban J connectivity index is 2.30. The molecule has 0 radical (unpaired) electrons. The van der Waals surface area contributed by atoms with Gasteiger partial charge in [-0.2, -0.15) is 4.31 Å². The Hall–Kier alpha value is 0.0900. The zero-order valence-electron chi connectivity index (χ0n) is 10.8. The first-order chi connectivity index (χ1) is 8.30. The van der Waals surface area contributed by atoms with Gasteiger partial charge in [-0.3, -0.25) is 0 Å². The van der Waals surface area contributed by atoms with Crippen LogP contribution < -0.4 is 0 Å². The number of piperidine rings is 1. The van der Waals surface area contributed by atoms with E-state index < -0.39 is 10.0 Å².